The zero-order valence-corrected chi connectivity index (χ0v) is 10.3. The molecule has 4 nitrogen and oxygen atoms in total. The Morgan fingerprint density at radius 1 is 1.40 bits per heavy atom. The number of piperidine rings is 1. The standard InChI is InChI=1S/C9H16N4S2/c14-9-12-11-8(15-9)10-4-7-13-5-2-1-3-6-13/h1-7H2,(H,10,11)(H,12,14). The monoisotopic (exact) mass is 244 g/mol. The number of likely N-dealkylation sites (tertiary alicyclic amines) is 1. The fourth-order valence-corrected chi connectivity index (χ4v) is 2.62. The summed E-state index contributed by atoms with van der Waals surface area (Å²) in [4.78, 5) is 2.50. The summed E-state index contributed by atoms with van der Waals surface area (Å²) in [7, 11) is 0. The smallest absolute Gasteiger partial charge is 0.204 e. The molecule has 1 aromatic rings. The largest absolute Gasteiger partial charge is 0.359 e. The van der Waals surface area contributed by atoms with E-state index in [0.717, 1.165) is 22.2 Å². The topological polar surface area (TPSA) is 44.0 Å². The summed E-state index contributed by atoms with van der Waals surface area (Å²) in [6.45, 7) is 4.55. The highest BCUT2D eigenvalue weighted by Crippen LogP contribution is 2.11. The first kappa shape index (κ1) is 11.0. The van der Waals surface area contributed by atoms with E-state index >= 15 is 0 Å². The molecule has 84 valence electrons. The second-order valence-corrected chi connectivity index (χ2v) is 5.41. The van der Waals surface area contributed by atoms with Crippen molar-refractivity contribution < 1.29 is 0 Å². The van der Waals surface area contributed by atoms with Crippen LogP contribution < -0.4 is 5.32 Å². The molecule has 0 aromatic carbocycles. The summed E-state index contributed by atoms with van der Waals surface area (Å²) in [5.74, 6) is 0. The van der Waals surface area contributed by atoms with Crippen LogP contribution in [0.4, 0.5) is 5.13 Å². The molecule has 0 aliphatic carbocycles. The highest BCUT2D eigenvalue weighted by Gasteiger charge is 2.08. The number of hydrogen-bond acceptors (Lipinski definition) is 5. The molecule has 0 bridgehead atoms. The molecule has 0 atom stereocenters. The van der Waals surface area contributed by atoms with Crippen molar-refractivity contribution in [3.05, 3.63) is 3.95 Å². The maximum Gasteiger partial charge on any atom is 0.204 e. The Labute approximate surface area is 98.7 Å². The van der Waals surface area contributed by atoms with Gasteiger partial charge in [0.25, 0.3) is 0 Å². The third kappa shape index (κ3) is 3.55. The van der Waals surface area contributed by atoms with Crippen molar-refractivity contribution in [2.24, 2.45) is 0 Å². The van der Waals surface area contributed by atoms with E-state index in [1.165, 1.54) is 43.7 Å². The molecule has 15 heavy (non-hydrogen) atoms. The van der Waals surface area contributed by atoms with Gasteiger partial charge in [-0.3, -0.25) is 5.10 Å². The van der Waals surface area contributed by atoms with Crippen molar-refractivity contribution in [3.8, 4) is 0 Å². The first-order valence-corrected chi connectivity index (χ1v) is 6.59. The van der Waals surface area contributed by atoms with Crippen molar-refractivity contribution in [3.63, 3.8) is 0 Å². The van der Waals surface area contributed by atoms with Crippen LogP contribution in [0.25, 0.3) is 0 Å². The van der Waals surface area contributed by atoms with Gasteiger partial charge < -0.3 is 10.2 Å². The molecule has 0 amide bonds. The third-order valence-corrected chi connectivity index (χ3v) is 3.64. The summed E-state index contributed by atoms with van der Waals surface area (Å²) in [5, 5.41) is 11.0. The van der Waals surface area contributed by atoms with Crippen molar-refractivity contribution in [1.29, 1.82) is 0 Å². The molecule has 1 aromatic heterocycles. The highest BCUT2D eigenvalue weighted by molar-refractivity contribution is 7.73. The van der Waals surface area contributed by atoms with E-state index in [1.807, 2.05) is 0 Å². The molecule has 0 spiro atoms. The van der Waals surface area contributed by atoms with Gasteiger partial charge in [-0.2, -0.15) is 0 Å². The zero-order valence-electron chi connectivity index (χ0n) is 8.66. The molecule has 1 fully saturated rings. The van der Waals surface area contributed by atoms with Gasteiger partial charge in [-0.05, 0) is 38.1 Å². The van der Waals surface area contributed by atoms with Crippen molar-refractivity contribution in [2.75, 3.05) is 31.5 Å². The van der Waals surface area contributed by atoms with Gasteiger partial charge in [0, 0.05) is 13.1 Å². The van der Waals surface area contributed by atoms with Gasteiger partial charge in [0.2, 0.25) is 5.13 Å². The number of nitrogens with zero attached hydrogens (tertiary/aromatic N) is 2. The van der Waals surface area contributed by atoms with E-state index in [9.17, 15) is 0 Å². The lowest BCUT2D eigenvalue weighted by molar-refractivity contribution is 0.237. The number of H-pyrrole nitrogens is 1. The Bertz CT molecular complexity index is 340. The minimum atomic E-state index is 0.732. The normalized spacial score (nSPS) is 17.9. The van der Waals surface area contributed by atoms with Crippen molar-refractivity contribution >= 4 is 28.7 Å². The van der Waals surface area contributed by atoms with E-state index in [0.29, 0.717) is 0 Å². The Hall–Kier alpha value is -0.460. The molecule has 1 aliphatic rings. The van der Waals surface area contributed by atoms with Crippen LogP contribution in [0.2, 0.25) is 0 Å². The molecule has 1 saturated heterocycles. The van der Waals surface area contributed by atoms with Gasteiger partial charge in [0.05, 0.1) is 0 Å². The van der Waals surface area contributed by atoms with Crippen LogP contribution in [-0.2, 0) is 0 Å². The maximum atomic E-state index is 4.96. The average molecular weight is 244 g/mol. The molecule has 2 N–H and O–H groups in total. The molecule has 0 unspecified atom stereocenters. The van der Waals surface area contributed by atoms with Crippen LogP contribution in [-0.4, -0.2) is 41.3 Å². The Kier molecular flexibility index (Phi) is 4.10. The van der Waals surface area contributed by atoms with Crippen LogP contribution in [0.3, 0.4) is 0 Å². The zero-order chi connectivity index (χ0) is 10.5. The summed E-state index contributed by atoms with van der Waals surface area (Å²) in [5.41, 5.74) is 0. The molecule has 0 radical (unpaired) electrons. The second-order valence-electron chi connectivity index (χ2n) is 3.75. The number of aromatic amines is 1. The number of nitrogens with one attached hydrogen (secondary N) is 2. The molecule has 6 heteroatoms. The maximum absolute atomic E-state index is 4.96. The van der Waals surface area contributed by atoms with E-state index in [-0.39, 0.29) is 0 Å². The summed E-state index contributed by atoms with van der Waals surface area (Å²) in [6, 6.07) is 0. The molecular weight excluding hydrogens is 228 g/mol. The Balaban J connectivity index is 1.68. The van der Waals surface area contributed by atoms with Crippen LogP contribution in [0.15, 0.2) is 0 Å². The van der Waals surface area contributed by atoms with Crippen molar-refractivity contribution in [2.45, 2.75) is 19.3 Å². The average Bonchev–Trinajstić information content (AvgIpc) is 2.66. The predicted molar refractivity (Wildman–Crippen MR) is 66.1 cm³/mol. The van der Waals surface area contributed by atoms with Crippen LogP contribution in [0.1, 0.15) is 19.3 Å². The number of anilines is 1. The minimum absolute atomic E-state index is 0.732. The quantitative estimate of drug-likeness (QED) is 0.796. The number of aromatic nitrogens is 2. The molecule has 2 rings (SSSR count). The van der Waals surface area contributed by atoms with Gasteiger partial charge >= 0.3 is 0 Å². The number of rotatable bonds is 4. The van der Waals surface area contributed by atoms with Crippen LogP contribution >= 0.6 is 23.6 Å². The Morgan fingerprint density at radius 2 is 2.20 bits per heavy atom. The van der Waals surface area contributed by atoms with Gasteiger partial charge in [-0.15, -0.1) is 5.10 Å². The van der Waals surface area contributed by atoms with E-state index in [1.54, 1.807) is 0 Å². The van der Waals surface area contributed by atoms with Crippen molar-refractivity contribution in [1.82, 2.24) is 15.1 Å². The third-order valence-electron chi connectivity index (χ3n) is 2.59. The van der Waals surface area contributed by atoms with Crippen LogP contribution in [0, 0.1) is 3.95 Å². The van der Waals surface area contributed by atoms with Gasteiger partial charge in [0.1, 0.15) is 0 Å². The van der Waals surface area contributed by atoms with Gasteiger partial charge in [-0.1, -0.05) is 17.8 Å². The fraction of sp³-hybridized carbons (Fsp3) is 0.778. The first-order chi connectivity index (χ1) is 7.34. The highest BCUT2D eigenvalue weighted by atomic mass is 32.1. The SMILES string of the molecule is S=c1[nH]nc(NCCN2CCCCC2)s1. The molecule has 2 heterocycles. The lowest BCUT2D eigenvalue weighted by atomic mass is 10.1. The lowest BCUT2D eigenvalue weighted by Crippen LogP contribution is -2.33. The predicted octanol–water partition coefficient (Wildman–Crippen LogP) is 2.10. The van der Waals surface area contributed by atoms with E-state index < -0.39 is 0 Å². The summed E-state index contributed by atoms with van der Waals surface area (Å²) >= 11 is 6.45. The van der Waals surface area contributed by atoms with Crippen LogP contribution in [0.5, 0.6) is 0 Å². The first-order valence-electron chi connectivity index (χ1n) is 5.36. The molecule has 0 saturated carbocycles. The van der Waals surface area contributed by atoms with Gasteiger partial charge in [0.15, 0.2) is 3.95 Å². The molecule has 1 aliphatic heterocycles. The Morgan fingerprint density at radius 3 is 2.87 bits per heavy atom. The summed E-state index contributed by atoms with van der Waals surface area (Å²) in [6.07, 6.45) is 4.09. The fourth-order valence-electron chi connectivity index (χ4n) is 1.81. The molecular formula is C9H16N4S2. The summed E-state index contributed by atoms with van der Waals surface area (Å²) < 4.78 is 0.732. The van der Waals surface area contributed by atoms with E-state index in [4.69, 9.17) is 12.2 Å². The second kappa shape index (κ2) is 5.58. The number of hydrogen-bond donors (Lipinski definition) is 2. The van der Waals surface area contributed by atoms with E-state index in [2.05, 4.69) is 20.4 Å². The minimum Gasteiger partial charge on any atom is -0.359 e. The van der Waals surface area contributed by atoms with Gasteiger partial charge in [-0.25, -0.2) is 0 Å². The lowest BCUT2D eigenvalue weighted by Gasteiger charge is -2.26.